The van der Waals surface area contributed by atoms with Gasteiger partial charge in [0.1, 0.15) is 0 Å². The molecular weight excluding hydrogens is 456 g/mol. The van der Waals surface area contributed by atoms with Crippen molar-refractivity contribution in [2.24, 2.45) is 0 Å². The number of halogens is 1. The number of ether oxygens (including phenoxy) is 1. The molecule has 1 saturated heterocycles. The fourth-order valence-corrected chi connectivity index (χ4v) is 4.57. The van der Waals surface area contributed by atoms with E-state index >= 15 is 0 Å². The van der Waals surface area contributed by atoms with Crippen LogP contribution in [0.15, 0.2) is 48.5 Å². The molecule has 8 heteroatoms. The highest BCUT2D eigenvalue weighted by Gasteiger charge is 2.40. The number of carbonyl (C=O) groups is 4. The number of esters is 1. The van der Waals surface area contributed by atoms with Gasteiger partial charge in [-0.2, -0.15) is 0 Å². The van der Waals surface area contributed by atoms with Gasteiger partial charge in [-0.1, -0.05) is 37.3 Å². The number of Topliss-reactive ketones (excluding diaryl/α,β-unsaturated/α-hetero) is 1. The summed E-state index contributed by atoms with van der Waals surface area (Å²) in [6.45, 7) is -0.403. The van der Waals surface area contributed by atoms with Gasteiger partial charge in [0.25, 0.3) is 5.91 Å². The summed E-state index contributed by atoms with van der Waals surface area (Å²) in [5.41, 5.74) is 1.03. The Hall–Kier alpha value is -3.03. The highest BCUT2D eigenvalue weighted by Crippen LogP contribution is 2.25. The van der Waals surface area contributed by atoms with Gasteiger partial charge in [0.05, 0.1) is 23.7 Å². The maximum absolute atomic E-state index is 12.9. The normalized spacial score (nSPS) is 19.2. The van der Waals surface area contributed by atoms with Crippen LogP contribution in [0.5, 0.6) is 0 Å². The van der Waals surface area contributed by atoms with E-state index in [0.29, 0.717) is 16.3 Å². The van der Waals surface area contributed by atoms with Crippen molar-refractivity contribution in [3.05, 3.63) is 64.7 Å². The standard InChI is InChI=1S/C26H27ClN2O5/c27-19-11-7-17(8-12-19)23(30)16-34-26(33)18-9-13-21(14-10-18)29-24(31)15-22(25(29)32)28-20-5-3-1-2-4-6-20/h7-14,20,22,28H,1-6,15-16H2. The Bertz CT molecular complexity index is 1060. The van der Waals surface area contributed by atoms with E-state index in [2.05, 4.69) is 5.32 Å². The second-order valence-corrected chi connectivity index (χ2v) is 9.17. The highest BCUT2D eigenvalue weighted by molar-refractivity contribution is 6.30. The van der Waals surface area contributed by atoms with Gasteiger partial charge in [0.15, 0.2) is 12.4 Å². The molecule has 0 aromatic heterocycles. The molecule has 2 fully saturated rings. The number of benzene rings is 2. The second-order valence-electron chi connectivity index (χ2n) is 8.73. The van der Waals surface area contributed by atoms with Gasteiger partial charge in [-0.15, -0.1) is 0 Å². The summed E-state index contributed by atoms with van der Waals surface area (Å²) in [5, 5.41) is 3.90. The molecule has 1 unspecified atom stereocenters. The minimum atomic E-state index is -0.666. The van der Waals surface area contributed by atoms with Crippen LogP contribution in [-0.4, -0.2) is 42.3 Å². The zero-order chi connectivity index (χ0) is 24.1. The number of hydrogen-bond acceptors (Lipinski definition) is 6. The molecule has 2 aliphatic rings. The fraction of sp³-hybridized carbons (Fsp3) is 0.385. The van der Waals surface area contributed by atoms with E-state index in [1.54, 1.807) is 36.4 Å². The van der Waals surface area contributed by atoms with Crippen molar-refractivity contribution in [2.75, 3.05) is 11.5 Å². The van der Waals surface area contributed by atoms with Gasteiger partial charge in [-0.3, -0.25) is 14.4 Å². The van der Waals surface area contributed by atoms with E-state index in [4.69, 9.17) is 16.3 Å². The van der Waals surface area contributed by atoms with Crippen LogP contribution in [0.3, 0.4) is 0 Å². The molecule has 4 rings (SSSR count). The van der Waals surface area contributed by atoms with Gasteiger partial charge in [-0.25, -0.2) is 9.69 Å². The summed E-state index contributed by atoms with van der Waals surface area (Å²) in [6.07, 6.45) is 6.88. The number of nitrogens with zero attached hydrogens (tertiary/aromatic N) is 1. The molecule has 1 N–H and O–H groups in total. The van der Waals surface area contributed by atoms with Gasteiger partial charge in [0.2, 0.25) is 5.91 Å². The topological polar surface area (TPSA) is 92.8 Å². The van der Waals surface area contributed by atoms with Crippen LogP contribution in [0.2, 0.25) is 5.02 Å². The Morgan fingerprint density at radius 2 is 1.53 bits per heavy atom. The molecule has 1 aliphatic carbocycles. The lowest BCUT2D eigenvalue weighted by Crippen LogP contribution is -2.43. The van der Waals surface area contributed by atoms with Crippen molar-refractivity contribution in [1.29, 1.82) is 0 Å². The number of hydrogen-bond donors (Lipinski definition) is 1. The summed E-state index contributed by atoms with van der Waals surface area (Å²) in [4.78, 5) is 51.2. The van der Waals surface area contributed by atoms with Crippen LogP contribution < -0.4 is 10.2 Å². The van der Waals surface area contributed by atoms with E-state index in [-0.39, 0.29) is 35.6 Å². The molecule has 2 amide bonds. The first-order valence-corrected chi connectivity index (χ1v) is 12.0. The van der Waals surface area contributed by atoms with E-state index in [0.717, 1.165) is 25.7 Å². The average molecular weight is 483 g/mol. The van der Waals surface area contributed by atoms with Crippen molar-refractivity contribution in [1.82, 2.24) is 5.32 Å². The van der Waals surface area contributed by atoms with E-state index < -0.39 is 18.6 Å². The minimum absolute atomic E-state index is 0.131. The first kappa shape index (κ1) is 24.1. The lowest BCUT2D eigenvalue weighted by Gasteiger charge is -2.21. The smallest absolute Gasteiger partial charge is 0.338 e. The number of amides is 2. The molecule has 1 heterocycles. The second kappa shape index (κ2) is 10.9. The largest absolute Gasteiger partial charge is 0.454 e. The van der Waals surface area contributed by atoms with Crippen LogP contribution in [0.1, 0.15) is 65.7 Å². The number of imide groups is 1. The van der Waals surface area contributed by atoms with Crippen molar-refractivity contribution < 1.29 is 23.9 Å². The molecule has 1 saturated carbocycles. The first-order valence-electron chi connectivity index (χ1n) is 11.6. The molecule has 1 aliphatic heterocycles. The predicted octanol–water partition coefficient (Wildman–Crippen LogP) is 4.32. The average Bonchev–Trinajstić information content (AvgIpc) is 2.99. The molecule has 2 aromatic rings. The maximum atomic E-state index is 12.9. The predicted molar refractivity (Wildman–Crippen MR) is 128 cm³/mol. The molecule has 0 bridgehead atoms. The zero-order valence-electron chi connectivity index (χ0n) is 18.8. The Morgan fingerprint density at radius 1 is 0.912 bits per heavy atom. The van der Waals surface area contributed by atoms with E-state index in [1.807, 2.05) is 0 Å². The molecule has 178 valence electrons. The third-order valence-corrected chi connectivity index (χ3v) is 6.55. The Kier molecular flexibility index (Phi) is 7.75. The summed E-state index contributed by atoms with van der Waals surface area (Å²) >= 11 is 5.81. The number of anilines is 1. The van der Waals surface area contributed by atoms with Crippen molar-refractivity contribution in [2.45, 2.75) is 57.0 Å². The molecule has 7 nitrogen and oxygen atoms in total. The summed E-state index contributed by atoms with van der Waals surface area (Å²) in [7, 11) is 0. The molecule has 34 heavy (non-hydrogen) atoms. The first-order chi connectivity index (χ1) is 16.4. The van der Waals surface area contributed by atoms with Crippen LogP contribution >= 0.6 is 11.6 Å². The van der Waals surface area contributed by atoms with Gasteiger partial charge in [0, 0.05) is 16.6 Å². The third-order valence-electron chi connectivity index (χ3n) is 6.30. The van der Waals surface area contributed by atoms with Crippen LogP contribution in [-0.2, 0) is 14.3 Å². The highest BCUT2D eigenvalue weighted by atomic mass is 35.5. The number of carbonyl (C=O) groups excluding carboxylic acids is 4. The Morgan fingerprint density at radius 3 is 2.18 bits per heavy atom. The van der Waals surface area contributed by atoms with Crippen molar-refractivity contribution >= 4 is 40.9 Å². The summed E-state index contributed by atoms with van der Waals surface area (Å²) in [5.74, 6) is -1.54. The molecule has 1 atom stereocenters. The number of ketones is 1. The Labute approximate surface area is 203 Å². The van der Waals surface area contributed by atoms with Crippen LogP contribution in [0.4, 0.5) is 5.69 Å². The molecule has 0 spiro atoms. The van der Waals surface area contributed by atoms with Gasteiger partial charge >= 0.3 is 5.97 Å². The van der Waals surface area contributed by atoms with Crippen LogP contribution in [0.25, 0.3) is 0 Å². The Balaban J connectivity index is 1.34. The van der Waals surface area contributed by atoms with Gasteiger partial charge in [-0.05, 0) is 61.4 Å². The number of rotatable bonds is 7. The summed E-state index contributed by atoms with van der Waals surface area (Å²) < 4.78 is 5.11. The molecule has 2 aromatic carbocycles. The summed E-state index contributed by atoms with van der Waals surface area (Å²) in [6, 6.07) is 12.1. The minimum Gasteiger partial charge on any atom is -0.454 e. The van der Waals surface area contributed by atoms with Crippen LogP contribution in [0, 0.1) is 0 Å². The van der Waals surface area contributed by atoms with E-state index in [1.165, 1.54) is 29.9 Å². The molecule has 0 radical (unpaired) electrons. The SMILES string of the molecule is O=C(COC(=O)c1ccc(N2C(=O)CC(NC3CCCCCC3)C2=O)cc1)c1ccc(Cl)cc1. The lowest BCUT2D eigenvalue weighted by molar-refractivity contribution is -0.121. The van der Waals surface area contributed by atoms with Crippen molar-refractivity contribution in [3.8, 4) is 0 Å². The molecular formula is C26H27ClN2O5. The monoisotopic (exact) mass is 482 g/mol. The lowest BCUT2D eigenvalue weighted by atomic mass is 10.1. The van der Waals surface area contributed by atoms with Gasteiger partial charge < -0.3 is 10.1 Å². The fourth-order valence-electron chi connectivity index (χ4n) is 4.44. The maximum Gasteiger partial charge on any atom is 0.338 e. The van der Waals surface area contributed by atoms with Crippen molar-refractivity contribution in [3.63, 3.8) is 0 Å². The quantitative estimate of drug-likeness (QED) is 0.273. The third kappa shape index (κ3) is 5.72. The zero-order valence-corrected chi connectivity index (χ0v) is 19.6. The van der Waals surface area contributed by atoms with E-state index in [9.17, 15) is 19.2 Å². The number of nitrogens with one attached hydrogen (secondary N) is 1.